The van der Waals surface area contributed by atoms with E-state index in [0.717, 1.165) is 33.2 Å². The van der Waals surface area contributed by atoms with Gasteiger partial charge in [0.05, 0.1) is 17.3 Å². The van der Waals surface area contributed by atoms with Gasteiger partial charge < -0.3 is 0 Å². The standard InChI is InChI=1S/C24H25N5OS/c1-13-14(2)31-23-20(13)21(17-9-7-16(12-25)8-10-17)26-18(11-19(30)24(4,5)6)22-28-27-15(3)29(22)23/h7-10,18H,11H2,1-6H3/t18-/m0/s1. The van der Waals surface area contributed by atoms with Crippen LogP contribution in [-0.2, 0) is 4.79 Å². The normalized spacial score (nSPS) is 15.5. The molecule has 4 rings (SSSR count). The van der Waals surface area contributed by atoms with Gasteiger partial charge in [-0.1, -0.05) is 32.9 Å². The molecule has 158 valence electrons. The molecule has 0 aliphatic carbocycles. The first-order valence-electron chi connectivity index (χ1n) is 10.3. The monoisotopic (exact) mass is 431 g/mol. The molecule has 7 heteroatoms. The number of benzene rings is 1. The first kappa shape index (κ1) is 21.1. The molecule has 1 aromatic carbocycles. The van der Waals surface area contributed by atoms with E-state index in [9.17, 15) is 10.1 Å². The summed E-state index contributed by atoms with van der Waals surface area (Å²) in [5.41, 5.74) is 4.09. The number of aliphatic imine (C=N–C) groups is 1. The van der Waals surface area contributed by atoms with Gasteiger partial charge in [-0.25, -0.2) is 0 Å². The summed E-state index contributed by atoms with van der Waals surface area (Å²) in [5.74, 6) is 1.61. The summed E-state index contributed by atoms with van der Waals surface area (Å²) in [7, 11) is 0. The minimum atomic E-state index is -0.465. The van der Waals surface area contributed by atoms with Crippen molar-refractivity contribution in [1.29, 1.82) is 5.26 Å². The zero-order valence-electron chi connectivity index (χ0n) is 18.6. The summed E-state index contributed by atoms with van der Waals surface area (Å²) in [6.07, 6.45) is 0.258. The van der Waals surface area contributed by atoms with Crippen molar-refractivity contribution < 1.29 is 4.79 Å². The molecule has 0 bridgehead atoms. The van der Waals surface area contributed by atoms with E-state index in [1.54, 1.807) is 23.5 Å². The number of hydrogen-bond donors (Lipinski definition) is 0. The fraction of sp³-hybridized carbons (Fsp3) is 0.375. The summed E-state index contributed by atoms with van der Waals surface area (Å²) < 4.78 is 2.06. The summed E-state index contributed by atoms with van der Waals surface area (Å²) >= 11 is 1.69. The van der Waals surface area contributed by atoms with Crippen molar-refractivity contribution >= 4 is 22.8 Å². The molecule has 31 heavy (non-hydrogen) atoms. The van der Waals surface area contributed by atoms with Gasteiger partial charge in [-0.05, 0) is 38.5 Å². The molecule has 0 saturated carbocycles. The lowest BCUT2D eigenvalue weighted by Gasteiger charge is -2.19. The number of nitriles is 1. The van der Waals surface area contributed by atoms with Gasteiger partial charge >= 0.3 is 0 Å². The van der Waals surface area contributed by atoms with E-state index in [-0.39, 0.29) is 12.2 Å². The molecule has 2 aromatic heterocycles. The highest BCUT2D eigenvalue weighted by Gasteiger charge is 2.34. The van der Waals surface area contributed by atoms with E-state index in [4.69, 9.17) is 4.99 Å². The lowest BCUT2D eigenvalue weighted by Crippen LogP contribution is -2.23. The van der Waals surface area contributed by atoms with Gasteiger partial charge in [0.25, 0.3) is 0 Å². The van der Waals surface area contributed by atoms with Crippen LogP contribution < -0.4 is 0 Å². The number of rotatable bonds is 3. The Morgan fingerprint density at radius 2 is 1.84 bits per heavy atom. The average Bonchev–Trinajstić information content (AvgIpc) is 3.19. The predicted octanol–water partition coefficient (Wildman–Crippen LogP) is 5.02. The predicted molar refractivity (Wildman–Crippen MR) is 122 cm³/mol. The van der Waals surface area contributed by atoms with Crippen LogP contribution in [0.25, 0.3) is 5.00 Å². The molecule has 0 unspecified atom stereocenters. The molecule has 0 saturated heterocycles. The maximum Gasteiger partial charge on any atom is 0.163 e. The molecule has 1 atom stereocenters. The molecule has 3 heterocycles. The topological polar surface area (TPSA) is 83.9 Å². The summed E-state index contributed by atoms with van der Waals surface area (Å²) in [4.78, 5) is 19.3. The quantitative estimate of drug-likeness (QED) is 0.583. The highest BCUT2D eigenvalue weighted by molar-refractivity contribution is 7.15. The van der Waals surface area contributed by atoms with Gasteiger partial charge in [0.2, 0.25) is 0 Å². The van der Waals surface area contributed by atoms with Crippen molar-refractivity contribution in [2.45, 2.75) is 54.0 Å². The van der Waals surface area contributed by atoms with Crippen LogP contribution in [-0.4, -0.2) is 26.3 Å². The van der Waals surface area contributed by atoms with Crippen LogP contribution in [0.15, 0.2) is 29.3 Å². The van der Waals surface area contributed by atoms with Gasteiger partial charge in [0.15, 0.2) is 5.82 Å². The molecule has 0 fully saturated rings. The van der Waals surface area contributed by atoms with Crippen molar-refractivity contribution in [2.24, 2.45) is 10.4 Å². The fourth-order valence-corrected chi connectivity index (χ4v) is 4.92. The van der Waals surface area contributed by atoms with Crippen LogP contribution in [0.2, 0.25) is 0 Å². The smallest absolute Gasteiger partial charge is 0.163 e. The van der Waals surface area contributed by atoms with Crippen molar-refractivity contribution in [2.75, 3.05) is 0 Å². The molecular weight excluding hydrogens is 406 g/mol. The Bertz CT molecular complexity index is 1250. The summed E-state index contributed by atoms with van der Waals surface area (Å²) in [6.45, 7) is 11.9. The van der Waals surface area contributed by atoms with Crippen LogP contribution in [0.3, 0.4) is 0 Å². The van der Waals surface area contributed by atoms with E-state index in [1.807, 2.05) is 39.8 Å². The lowest BCUT2D eigenvalue weighted by molar-refractivity contribution is -0.126. The number of aromatic nitrogens is 3. The Balaban J connectivity index is 1.97. The Labute approximate surface area is 186 Å². The molecule has 1 aliphatic heterocycles. The zero-order valence-corrected chi connectivity index (χ0v) is 19.5. The summed E-state index contributed by atoms with van der Waals surface area (Å²) in [5, 5.41) is 19.0. The molecule has 0 radical (unpaired) electrons. The maximum absolute atomic E-state index is 13.0. The minimum absolute atomic E-state index is 0.130. The number of thiophene rings is 1. The highest BCUT2D eigenvalue weighted by atomic mass is 32.1. The maximum atomic E-state index is 13.0. The van der Waals surface area contributed by atoms with Crippen LogP contribution in [0.4, 0.5) is 0 Å². The van der Waals surface area contributed by atoms with Gasteiger partial charge in [-0.2, -0.15) is 5.26 Å². The number of carbonyl (C=O) groups excluding carboxylic acids is 1. The minimum Gasteiger partial charge on any atom is -0.299 e. The van der Waals surface area contributed by atoms with Gasteiger partial charge in [-0.15, -0.1) is 21.5 Å². The van der Waals surface area contributed by atoms with Crippen LogP contribution >= 0.6 is 11.3 Å². The fourth-order valence-electron chi connectivity index (χ4n) is 3.71. The Morgan fingerprint density at radius 1 is 1.16 bits per heavy atom. The van der Waals surface area contributed by atoms with Gasteiger partial charge in [0.1, 0.15) is 22.7 Å². The first-order valence-corrected chi connectivity index (χ1v) is 11.1. The average molecular weight is 432 g/mol. The third kappa shape index (κ3) is 3.61. The first-order chi connectivity index (χ1) is 14.6. The Morgan fingerprint density at radius 3 is 2.45 bits per heavy atom. The van der Waals surface area contributed by atoms with E-state index >= 15 is 0 Å². The highest BCUT2D eigenvalue weighted by Crippen LogP contribution is 2.40. The third-order valence-electron chi connectivity index (χ3n) is 5.74. The van der Waals surface area contributed by atoms with E-state index in [2.05, 4.69) is 34.7 Å². The van der Waals surface area contributed by atoms with E-state index in [1.165, 1.54) is 4.88 Å². The molecule has 0 amide bonds. The Kier molecular flexibility index (Phi) is 5.14. The molecule has 0 N–H and O–H groups in total. The third-order valence-corrected chi connectivity index (χ3v) is 6.93. The van der Waals surface area contributed by atoms with Crippen molar-refractivity contribution in [3.05, 3.63) is 63.0 Å². The number of aryl methyl sites for hydroxylation is 2. The second-order valence-electron chi connectivity index (χ2n) is 8.96. The number of nitrogens with zero attached hydrogens (tertiary/aromatic N) is 5. The summed E-state index contributed by atoms with van der Waals surface area (Å²) in [6, 6.07) is 9.19. The molecule has 6 nitrogen and oxygen atoms in total. The van der Waals surface area contributed by atoms with Crippen LogP contribution in [0.1, 0.15) is 72.0 Å². The van der Waals surface area contributed by atoms with Crippen LogP contribution in [0, 0.1) is 37.5 Å². The SMILES string of the molecule is Cc1sc2c(c1C)C(c1ccc(C#N)cc1)=N[C@@H](CC(=O)C(C)(C)C)c1nnc(C)n1-2. The second kappa shape index (κ2) is 7.54. The molecular formula is C24H25N5OS. The molecule has 0 spiro atoms. The number of hydrogen-bond acceptors (Lipinski definition) is 6. The number of fused-ring (bicyclic) bond motifs is 3. The van der Waals surface area contributed by atoms with E-state index < -0.39 is 11.5 Å². The molecule has 1 aliphatic rings. The number of ketones is 1. The van der Waals surface area contributed by atoms with Gasteiger partial charge in [0, 0.05) is 27.8 Å². The number of carbonyl (C=O) groups is 1. The van der Waals surface area contributed by atoms with Gasteiger partial charge in [-0.3, -0.25) is 14.4 Å². The largest absolute Gasteiger partial charge is 0.299 e. The van der Waals surface area contributed by atoms with E-state index in [0.29, 0.717) is 11.4 Å². The van der Waals surface area contributed by atoms with Crippen molar-refractivity contribution in [1.82, 2.24) is 14.8 Å². The lowest BCUT2D eigenvalue weighted by atomic mass is 9.87. The molecule has 3 aromatic rings. The van der Waals surface area contributed by atoms with Crippen LogP contribution in [0.5, 0.6) is 0 Å². The number of Topliss-reactive ketones (excluding diaryl/α,β-unsaturated/α-hetero) is 1. The zero-order chi connectivity index (χ0) is 22.5. The van der Waals surface area contributed by atoms with Crippen molar-refractivity contribution in [3.63, 3.8) is 0 Å². The second-order valence-corrected chi connectivity index (χ2v) is 10.2. The van der Waals surface area contributed by atoms with Crippen molar-refractivity contribution in [3.8, 4) is 11.1 Å². The Hall–Kier alpha value is -3.11.